The molecule has 10 heteroatoms. The van der Waals surface area contributed by atoms with Crippen LogP contribution in [-0.2, 0) is 9.59 Å². The number of benzene rings is 4. The number of carbonyl (C=O) groups is 3. The minimum absolute atomic E-state index is 0.198. The van der Waals surface area contributed by atoms with E-state index >= 15 is 0 Å². The van der Waals surface area contributed by atoms with E-state index in [2.05, 4.69) is 0 Å². The van der Waals surface area contributed by atoms with E-state index in [1.165, 1.54) is 23.9 Å². The number of para-hydroxylation sites is 2. The number of hydrogen-bond acceptors (Lipinski definition) is 6. The molecule has 1 fully saturated rings. The number of carbonyl (C=O) groups excluding carboxylic acids is 3. The highest BCUT2D eigenvalue weighted by molar-refractivity contribution is 7.99. The number of amides is 4. The molecule has 0 spiro atoms. The van der Waals surface area contributed by atoms with Crippen LogP contribution in [-0.4, -0.2) is 22.8 Å². The molecule has 1 saturated heterocycles. The normalized spacial score (nSPS) is 13.6. The van der Waals surface area contributed by atoms with E-state index in [0.29, 0.717) is 9.92 Å². The van der Waals surface area contributed by atoms with Gasteiger partial charge in [0.05, 0.1) is 21.2 Å². The third-order valence-electron chi connectivity index (χ3n) is 5.81. The van der Waals surface area contributed by atoms with E-state index in [9.17, 15) is 24.5 Å². The zero-order chi connectivity index (χ0) is 27.5. The van der Waals surface area contributed by atoms with Crippen LogP contribution in [0.4, 0.5) is 21.9 Å². The van der Waals surface area contributed by atoms with Crippen LogP contribution >= 0.6 is 23.4 Å². The van der Waals surface area contributed by atoms with Gasteiger partial charge in [-0.25, -0.2) is 14.6 Å². The number of barbiturate groups is 1. The average Bonchev–Trinajstić information content (AvgIpc) is 2.94. The van der Waals surface area contributed by atoms with Crippen molar-refractivity contribution >= 4 is 64.3 Å². The van der Waals surface area contributed by atoms with E-state index in [1.807, 2.05) is 0 Å². The van der Waals surface area contributed by atoms with Crippen molar-refractivity contribution in [1.82, 2.24) is 0 Å². The number of imide groups is 2. The lowest BCUT2D eigenvalue weighted by Gasteiger charge is -2.33. The van der Waals surface area contributed by atoms with Crippen molar-refractivity contribution in [2.24, 2.45) is 0 Å². The topological polar surface area (TPSA) is 101 Å². The van der Waals surface area contributed by atoms with Crippen LogP contribution in [0.5, 0.6) is 0 Å². The van der Waals surface area contributed by atoms with Crippen LogP contribution < -0.4 is 9.80 Å². The molecule has 0 N–H and O–H groups in total. The molecule has 0 aromatic heterocycles. The molecule has 1 heterocycles. The second-order valence-electron chi connectivity index (χ2n) is 8.33. The van der Waals surface area contributed by atoms with Crippen LogP contribution in [0.1, 0.15) is 5.56 Å². The number of hydrogen-bond donors (Lipinski definition) is 0. The average molecular weight is 556 g/mol. The number of rotatable bonds is 6. The Labute approximate surface area is 232 Å². The van der Waals surface area contributed by atoms with Gasteiger partial charge >= 0.3 is 6.03 Å². The molecule has 0 aliphatic carbocycles. The molecular weight excluding hydrogens is 538 g/mol. The van der Waals surface area contributed by atoms with Gasteiger partial charge in [-0.2, -0.15) is 0 Å². The molecule has 1 aliphatic heterocycles. The van der Waals surface area contributed by atoms with Gasteiger partial charge in [0.1, 0.15) is 5.57 Å². The van der Waals surface area contributed by atoms with E-state index in [1.54, 1.807) is 97.1 Å². The summed E-state index contributed by atoms with van der Waals surface area (Å²) >= 11 is 7.12. The first kappa shape index (κ1) is 25.9. The highest BCUT2D eigenvalue weighted by Gasteiger charge is 2.43. The van der Waals surface area contributed by atoms with E-state index in [4.69, 9.17) is 11.6 Å². The Balaban J connectivity index is 1.58. The van der Waals surface area contributed by atoms with E-state index < -0.39 is 22.8 Å². The summed E-state index contributed by atoms with van der Waals surface area (Å²) in [6, 6.07) is 27.0. The van der Waals surface area contributed by atoms with Crippen molar-refractivity contribution in [3.05, 3.63) is 129 Å². The maximum atomic E-state index is 13.5. The second-order valence-corrected chi connectivity index (χ2v) is 9.88. The Bertz CT molecular complexity index is 1560. The van der Waals surface area contributed by atoms with Gasteiger partial charge < -0.3 is 0 Å². The van der Waals surface area contributed by atoms with Crippen LogP contribution in [0.3, 0.4) is 0 Å². The molecule has 4 aromatic rings. The van der Waals surface area contributed by atoms with Crippen molar-refractivity contribution in [3.63, 3.8) is 0 Å². The summed E-state index contributed by atoms with van der Waals surface area (Å²) in [5, 5.41) is 12.5. The van der Waals surface area contributed by atoms with Gasteiger partial charge in [-0.1, -0.05) is 65.8 Å². The van der Waals surface area contributed by atoms with Crippen LogP contribution in [0.15, 0.2) is 118 Å². The van der Waals surface area contributed by atoms with Gasteiger partial charge in [-0.05, 0) is 66.2 Å². The minimum atomic E-state index is -0.828. The van der Waals surface area contributed by atoms with Gasteiger partial charge in [-0.3, -0.25) is 19.7 Å². The lowest BCUT2D eigenvalue weighted by molar-refractivity contribution is -0.387. The van der Waals surface area contributed by atoms with Crippen molar-refractivity contribution in [2.45, 2.75) is 9.79 Å². The van der Waals surface area contributed by atoms with Crippen LogP contribution in [0.2, 0.25) is 5.02 Å². The van der Waals surface area contributed by atoms with Crippen molar-refractivity contribution in [2.75, 3.05) is 9.80 Å². The number of halogens is 1. The number of nitro groups is 1. The predicted molar refractivity (Wildman–Crippen MR) is 150 cm³/mol. The quantitative estimate of drug-likeness (QED) is 0.110. The molecule has 0 atom stereocenters. The minimum Gasteiger partial charge on any atom is -0.268 e. The fourth-order valence-corrected chi connectivity index (χ4v) is 5.01. The van der Waals surface area contributed by atoms with Crippen molar-refractivity contribution in [1.29, 1.82) is 0 Å². The number of nitro benzene ring substituents is 1. The summed E-state index contributed by atoms with van der Waals surface area (Å²) in [4.78, 5) is 54.8. The molecule has 0 saturated carbocycles. The third-order valence-corrected chi connectivity index (χ3v) is 7.14. The standard InChI is InChI=1S/C29H18ClN3O5S/c30-20-12-14-23(15-13-20)39-26-16-11-19(18-25(26)33(37)38)17-24-27(34)31(21-7-3-1-4-8-21)29(36)32(28(24)35)22-9-5-2-6-10-22/h1-18H. The van der Waals surface area contributed by atoms with Gasteiger partial charge in [0, 0.05) is 16.0 Å². The number of anilines is 2. The third kappa shape index (κ3) is 5.31. The fraction of sp³-hybridized carbons (Fsp3) is 0. The Morgan fingerprint density at radius 1 is 0.744 bits per heavy atom. The highest BCUT2D eigenvalue weighted by atomic mass is 35.5. The number of urea groups is 1. The summed E-state index contributed by atoms with van der Waals surface area (Å²) in [7, 11) is 0. The maximum Gasteiger partial charge on any atom is 0.343 e. The fourth-order valence-electron chi connectivity index (χ4n) is 3.99. The van der Waals surface area contributed by atoms with Gasteiger partial charge in [-0.15, -0.1) is 0 Å². The molecule has 4 aromatic carbocycles. The molecule has 0 unspecified atom stereocenters. The van der Waals surface area contributed by atoms with Gasteiger partial charge in [0.2, 0.25) is 0 Å². The summed E-state index contributed by atoms with van der Waals surface area (Å²) in [5.74, 6) is -1.66. The lowest BCUT2D eigenvalue weighted by Crippen LogP contribution is -2.57. The Kier molecular flexibility index (Phi) is 7.27. The summed E-state index contributed by atoms with van der Waals surface area (Å²) in [6.45, 7) is 0. The smallest absolute Gasteiger partial charge is 0.268 e. The molecule has 192 valence electrons. The lowest BCUT2D eigenvalue weighted by atomic mass is 10.0. The highest BCUT2D eigenvalue weighted by Crippen LogP contribution is 2.37. The molecule has 8 nitrogen and oxygen atoms in total. The van der Waals surface area contributed by atoms with Crippen molar-refractivity contribution < 1.29 is 19.3 Å². The molecule has 39 heavy (non-hydrogen) atoms. The first-order valence-corrected chi connectivity index (χ1v) is 12.8. The Morgan fingerprint density at radius 2 is 1.28 bits per heavy atom. The predicted octanol–water partition coefficient (Wildman–Crippen LogP) is 6.98. The van der Waals surface area contributed by atoms with Crippen molar-refractivity contribution in [3.8, 4) is 0 Å². The van der Waals surface area contributed by atoms with Gasteiger partial charge in [0.15, 0.2) is 0 Å². The molecular formula is C29H18ClN3O5S. The maximum absolute atomic E-state index is 13.5. The van der Waals surface area contributed by atoms with Crippen LogP contribution in [0.25, 0.3) is 6.08 Å². The van der Waals surface area contributed by atoms with Crippen LogP contribution in [0, 0.1) is 10.1 Å². The molecule has 5 rings (SSSR count). The van der Waals surface area contributed by atoms with E-state index in [-0.39, 0.29) is 28.2 Å². The van der Waals surface area contributed by atoms with Gasteiger partial charge in [0.25, 0.3) is 17.5 Å². The summed E-state index contributed by atoms with van der Waals surface area (Å²) in [5.41, 5.74) is 0.319. The monoisotopic (exact) mass is 555 g/mol. The Hall–Kier alpha value is -4.73. The largest absolute Gasteiger partial charge is 0.343 e. The SMILES string of the molecule is O=C1C(=Cc2ccc(Sc3ccc(Cl)cc3)c([N+](=O)[O-])c2)C(=O)N(c2ccccc2)C(=O)N1c1ccccc1. The molecule has 4 amide bonds. The zero-order valence-corrected chi connectivity index (χ0v) is 21.6. The van der Waals surface area contributed by atoms with E-state index in [0.717, 1.165) is 14.7 Å². The summed E-state index contributed by atoms with van der Waals surface area (Å²) in [6.07, 6.45) is 1.27. The zero-order valence-electron chi connectivity index (χ0n) is 20.1. The molecule has 0 radical (unpaired) electrons. The Morgan fingerprint density at radius 3 is 1.79 bits per heavy atom. The summed E-state index contributed by atoms with van der Waals surface area (Å²) < 4.78 is 0. The number of nitrogens with zero attached hydrogens (tertiary/aromatic N) is 3. The molecule has 1 aliphatic rings. The second kappa shape index (κ2) is 10.9. The molecule has 0 bridgehead atoms. The first-order valence-electron chi connectivity index (χ1n) is 11.6. The first-order chi connectivity index (χ1) is 18.8.